The third-order valence-electron chi connectivity index (χ3n) is 3.33. The van der Waals surface area contributed by atoms with Crippen LogP contribution in [0.4, 0.5) is 9.59 Å². The van der Waals surface area contributed by atoms with Gasteiger partial charge in [0.2, 0.25) is 0 Å². The maximum Gasteiger partial charge on any atom is 0.420 e. The van der Waals surface area contributed by atoms with E-state index in [4.69, 9.17) is 9.47 Å². The van der Waals surface area contributed by atoms with Gasteiger partial charge in [0.05, 0.1) is 11.7 Å². The molecule has 2 aromatic heterocycles. The van der Waals surface area contributed by atoms with Crippen LogP contribution in [0, 0.1) is 0 Å². The first-order valence-electron chi connectivity index (χ1n) is 8.56. The van der Waals surface area contributed by atoms with Gasteiger partial charge in [0.15, 0.2) is 0 Å². The summed E-state index contributed by atoms with van der Waals surface area (Å²) >= 11 is 0. The van der Waals surface area contributed by atoms with Crippen LogP contribution in [0.25, 0.3) is 11.0 Å². The summed E-state index contributed by atoms with van der Waals surface area (Å²) in [4.78, 5) is 28.8. The van der Waals surface area contributed by atoms with Gasteiger partial charge in [0.1, 0.15) is 16.8 Å². The second kappa shape index (κ2) is 6.97. The molecular weight excluding hydrogens is 334 g/mol. The average Bonchev–Trinajstić information content (AvgIpc) is 2.86. The highest BCUT2D eigenvalue weighted by atomic mass is 16.6. The van der Waals surface area contributed by atoms with E-state index in [-0.39, 0.29) is 6.04 Å². The summed E-state index contributed by atoms with van der Waals surface area (Å²) in [6.45, 7) is 12.6. The van der Waals surface area contributed by atoms with Gasteiger partial charge in [-0.05, 0) is 66.7 Å². The normalized spacial score (nSPS) is 13.3. The van der Waals surface area contributed by atoms with E-state index in [1.807, 2.05) is 32.9 Å². The fraction of sp³-hybridized carbons (Fsp3) is 0.526. The summed E-state index contributed by atoms with van der Waals surface area (Å²) in [5.41, 5.74) is -0.0786. The molecule has 0 aromatic carbocycles. The second-order valence-electron chi connectivity index (χ2n) is 8.18. The van der Waals surface area contributed by atoms with Crippen LogP contribution >= 0.6 is 0 Å². The topological polar surface area (TPSA) is 82.5 Å². The summed E-state index contributed by atoms with van der Waals surface area (Å²) in [5.74, 6) is 0. The molecule has 0 bridgehead atoms. The molecule has 0 fully saturated rings. The Morgan fingerprint density at radius 2 is 1.65 bits per heavy atom. The van der Waals surface area contributed by atoms with Gasteiger partial charge in [0.25, 0.3) is 0 Å². The number of fused-ring (bicyclic) bond motifs is 1. The third kappa shape index (κ3) is 5.21. The fourth-order valence-electron chi connectivity index (χ4n) is 2.28. The molecule has 1 atom stereocenters. The van der Waals surface area contributed by atoms with Crippen LogP contribution in [-0.4, -0.2) is 32.9 Å². The van der Waals surface area contributed by atoms with Crippen molar-refractivity contribution in [3.8, 4) is 0 Å². The van der Waals surface area contributed by atoms with Crippen LogP contribution in [0.2, 0.25) is 0 Å². The number of amides is 1. The number of hydrogen-bond acceptors (Lipinski definition) is 5. The molecule has 2 aromatic rings. The maximum atomic E-state index is 12.4. The number of nitrogens with one attached hydrogen (secondary N) is 1. The van der Waals surface area contributed by atoms with Crippen molar-refractivity contribution in [2.75, 3.05) is 0 Å². The van der Waals surface area contributed by atoms with E-state index in [0.717, 1.165) is 5.39 Å². The first-order chi connectivity index (χ1) is 11.9. The van der Waals surface area contributed by atoms with E-state index in [0.29, 0.717) is 11.3 Å². The largest absolute Gasteiger partial charge is 0.444 e. The molecule has 0 saturated carbocycles. The van der Waals surface area contributed by atoms with E-state index in [1.54, 1.807) is 40.0 Å². The van der Waals surface area contributed by atoms with Crippen LogP contribution < -0.4 is 5.32 Å². The standard InChI is InChI=1S/C19H27N3O4/c1-12(20-16(23)25-18(2,3)4)14-9-8-13-10-11-22(15(13)21-14)17(24)26-19(5,6)7/h8-12H,1-7H3,(H,20,23)/t12-/m1/s1. The minimum Gasteiger partial charge on any atom is -0.444 e. The van der Waals surface area contributed by atoms with Gasteiger partial charge in [-0.1, -0.05) is 0 Å². The number of carbonyl (C=O) groups is 2. The molecule has 2 rings (SSSR count). The van der Waals surface area contributed by atoms with Crippen molar-refractivity contribution in [2.45, 2.75) is 65.7 Å². The van der Waals surface area contributed by atoms with Gasteiger partial charge in [-0.15, -0.1) is 0 Å². The fourth-order valence-corrected chi connectivity index (χ4v) is 2.28. The minimum absolute atomic E-state index is 0.378. The number of aromatic nitrogens is 2. The van der Waals surface area contributed by atoms with Gasteiger partial charge >= 0.3 is 12.2 Å². The molecule has 0 unspecified atom stereocenters. The van der Waals surface area contributed by atoms with E-state index >= 15 is 0 Å². The molecular formula is C19H27N3O4. The zero-order chi connectivity index (χ0) is 19.7. The van der Waals surface area contributed by atoms with Crippen molar-refractivity contribution >= 4 is 23.2 Å². The molecule has 0 radical (unpaired) electrons. The highest BCUT2D eigenvalue weighted by molar-refractivity contribution is 5.87. The van der Waals surface area contributed by atoms with Crippen LogP contribution in [0.15, 0.2) is 24.4 Å². The van der Waals surface area contributed by atoms with Gasteiger partial charge in [-0.3, -0.25) is 0 Å². The van der Waals surface area contributed by atoms with Gasteiger partial charge in [-0.2, -0.15) is 0 Å². The zero-order valence-corrected chi connectivity index (χ0v) is 16.4. The Kier molecular flexibility index (Phi) is 5.30. The quantitative estimate of drug-likeness (QED) is 0.857. The van der Waals surface area contributed by atoms with Crippen molar-refractivity contribution < 1.29 is 19.1 Å². The molecule has 0 aliphatic carbocycles. The minimum atomic E-state index is -0.600. The predicted molar refractivity (Wildman–Crippen MR) is 99.1 cm³/mol. The predicted octanol–water partition coefficient (Wildman–Crippen LogP) is 4.41. The number of pyridine rings is 1. The molecule has 26 heavy (non-hydrogen) atoms. The van der Waals surface area contributed by atoms with Crippen LogP contribution in [0.3, 0.4) is 0 Å². The van der Waals surface area contributed by atoms with Crippen molar-refractivity contribution in [1.29, 1.82) is 0 Å². The number of carbonyl (C=O) groups excluding carboxylic acids is 2. The lowest BCUT2D eigenvalue weighted by atomic mass is 10.2. The summed E-state index contributed by atoms with van der Waals surface area (Å²) in [7, 11) is 0. The highest BCUT2D eigenvalue weighted by Gasteiger charge is 2.21. The Hall–Kier alpha value is -2.57. The number of nitrogens with zero attached hydrogens (tertiary/aromatic N) is 2. The van der Waals surface area contributed by atoms with E-state index in [9.17, 15) is 9.59 Å². The van der Waals surface area contributed by atoms with Gasteiger partial charge < -0.3 is 14.8 Å². The molecule has 1 amide bonds. The van der Waals surface area contributed by atoms with Gasteiger partial charge in [-0.25, -0.2) is 19.1 Å². The Morgan fingerprint density at radius 3 is 2.23 bits per heavy atom. The number of alkyl carbamates (subject to hydrolysis) is 1. The average molecular weight is 361 g/mol. The third-order valence-corrected chi connectivity index (χ3v) is 3.33. The maximum absolute atomic E-state index is 12.4. The lowest BCUT2D eigenvalue weighted by molar-refractivity contribution is 0.0502. The number of rotatable bonds is 2. The Bertz CT molecular complexity index is 812. The number of ether oxygens (including phenoxy) is 2. The van der Waals surface area contributed by atoms with Crippen molar-refractivity contribution in [3.05, 3.63) is 30.1 Å². The Labute approximate surface area is 153 Å². The molecule has 0 saturated heterocycles. The molecule has 1 N–H and O–H groups in total. The van der Waals surface area contributed by atoms with Gasteiger partial charge in [0, 0.05) is 11.6 Å². The molecule has 0 aliphatic heterocycles. The summed E-state index contributed by atoms with van der Waals surface area (Å²) in [5, 5.41) is 3.56. The van der Waals surface area contributed by atoms with Crippen LogP contribution in [0.5, 0.6) is 0 Å². The second-order valence-corrected chi connectivity index (χ2v) is 8.18. The van der Waals surface area contributed by atoms with Crippen molar-refractivity contribution in [1.82, 2.24) is 14.9 Å². The lowest BCUT2D eigenvalue weighted by Crippen LogP contribution is -2.34. The van der Waals surface area contributed by atoms with Crippen molar-refractivity contribution in [3.63, 3.8) is 0 Å². The zero-order valence-electron chi connectivity index (χ0n) is 16.4. The molecule has 7 nitrogen and oxygen atoms in total. The summed E-state index contributed by atoms with van der Waals surface area (Å²) in [6.07, 6.45) is 0.612. The first-order valence-corrected chi connectivity index (χ1v) is 8.56. The number of hydrogen-bond donors (Lipinski definition) is 1. The molecule has 0 aliphatic rings. The van der Waals surface area contributed by atoms with Crippen LogP contribution in [-0.2, 0) is 9.47 Å². The van der Waals surface area contributed by atoms with E-state index in [2.05, 4.69) is 10.3 Å². The van der Waals surface area contributed by atoms with E-state index < -0.39 is 23.4 Å². The first kappa shape index (κ1) is 19.8. The summed E-state index contributed by atoms with van der Waals surface area (Å²) < 4.78 is 12.0. The van der Waals surface area contributed by atoms with Crippen LogP contribution in [0.1, 0.15) is 60.2 Å². The van der Waals surface area contributed by atoms with Crippen molar-refractivity contribution in [2.24, 2.45) is 0 Å². The molecule has 7 heteroatoms. The monoisotopic (exact) mass is 361 g/mol. The summed E-state index contributed by atoms with van der Waals surface area (Å²) in [6, 6.07) is 5.08. The SMILES string of the molecule is C[C@@H](NC(=O)OC(C)(C)C)c1ccc2ccn(C(=O)OC(C)(C)C)c2n1. The smallest absolute Gasteiger partial charge is 0.420 e. The highest BCUT2D eigenvalue weighted by Crippen LogP contribution is 2.20. The molecule has 0 spiro atoms. The lowest BCUT2D eigenvalue weighted by Gasteiger charge is -2.22. The Balaban J connectivity index is 2.23. The molecule has 142 valence electrons. The Morgan fingerprint density at radius 1 is 1.04 bits per heavy atom. The molecule has 2 heterocycles. The van der Waals surface area contributed by atoms with E-state index in [1.165, 1.54) is 4.57 Å².